The third-order valence-corrected chi connectivity index (χ3v) is 7.47. The van der Waals surface area contributed by atoms with Crippen LogP contribution in [0.3, 0.4) is 0 Å². The Morgan fingerprint density at radius 1 is 0.829 bits per heavy atom. The number of thioether (sulfide) groups is 1. The molecule has 1 heterocycles. The number of benzene rings is 2. The summed E-state index contributed by atoms with van der Waals surface area (Å²) in [6.07, 6.45) is -3.22. The van der Waals surface area contributed by atoms with E-state index in [0.717, 1.165) is 35.4 Å². The first-order valence-corrected chi connectivity index (χ1v) is 13.6. The lowest BCUT2D eigenvalue weighted by Gasteiger charge is -2.43. The number of carbonyl (C=O) groups excluding carboxylic acids is 4. The number of rotatable bonds is 10. The minimum atomic E-state index is -1.27. The molecule has 0 N–H and O–H groups in total. The number of hydrogen-bond acceptors (Lipinski definition) is 12. The number of non-ortho nitro benzene ring substituents is 1. The molecule has 0 saturated carbocycles. The summed E-state index contributed by atoms with van der Waals surface area (Å²) < 4.78 is 28.2. The summed E-state index contributed by atoms with van der Waals surface area (Å²) in [6.45, 7) is 6.44. The maximum Gasteiger partial charge on any atom is 0.303 e. The number of hydrogen-bond donors (Lipinski definition) is 0. The first-order valence-electron chi connectivity index (χ1n) is 12.6. The third-order valence-electron chi connectivity index (χ3n) is 6.09. The van der Waals surface area contributed by atoms with Crippen molar-refractivity contribution >= 4 is 41.3 Å². The van der Waals surface area contributed by atoms with Gasteiger partial charge in [-0.25, -0.2) is 0 Å². The Kier molecular flexibility index (Phi) is 10.7. The van der Waals surface area contributed by atoms with Gasteiger partial charge in [0.1, 0.15) is 12.4 Å². The van der Waals surface area contributed by atoms with Crippen LogP contribution in [0.25, 0.3) is 0 Å². The van der Waals surface area contributed by atoms with Crippen molar-refractivity contribution in [2.24, 2.45) is 0 Å². The second kappa shape index (κ2) is 14.0. The fraction of sp³-hybridized carbons (Fsp3) is 0.429. The predicted octanol–water partition coefficient (Wildman–Crippen LogP) is 3.67. The first-order chi connectivity index (χ1) is 19.3. The minimum Gasteiger partial charge on any atom is -0.475 e. The molecule has 13 heteroatoms. The van der Waals surface area contributed by atoms with Crippen LogP contribution in [0, 0.1) is 17.0 Å². The van der Waals surface area contributed by atoms with Gasteiger partial charge in [0.2, 0.25) is 0 Å². The topological polar surface area (TPSA) is 158 Å². The molecular formula is C28H31NO11S. The highest BCUT2D eigenvalue weighted by Crippen LogP contribution is 2.40. The summed E-state index contributed by atoms with van der Waals surface area (Å²) in [5.74, 6) is -2.21. The maximum atomic E-state index is 12.2. The Bertz CT molecular complexity index is 1300. The molecule has 41 heavy (non-hydrogen) atoms. The molecule has 0 bridgehead atoms. The molecule has 1 aliphatic rings. The van der Waals surface area contributed by atoms with Gasteiger partial charge >= 0.3 is 23.9 Å². The first kappa shape index (κ1) is 31.4. The van der Waals surface area contributed by atoms with E-state index < -0.39 is 57.8 Å². The molecule has 1 saturated heterocycles. The maximum absolute atomic E-state index is 12.2. The van der Waals surface area contributed by atoms with Crippen LogP contribution >= 0.6 is 11.8 Å². The van der Waals surface area contributed by atoms with Gasteiger partial charge in [0, 0.05) is 51.8 Å². The SMILES string of the molecule is CC(=O)OC[C@H]1S[C@@H](Oc2cccc(C)c2Cc2ccc([N+](=O)[O-])cc2)[C@H](OC(C)=O)[C@@H](OC(C)=O)[C@@H]1OC(C)=O. The van der Waals surface area contributed by atoms with E-state index in [-0.39, 0.29) is 12.3 Å². The van der Waals surface area contributed by atoms with Gasteiger partial charge in [-0.3, -0.25) is 29.3 Å². The molecular weight excluding hydrogens is 558 g/mol. The molecule has 2 aromatic carbocycles. The summed E-state index contributed by atoms with van der Waals surface area (Å²) >= 11 is 1.11. The average Bonchev–Trinajstić information content (AvgIpc) is 2.88. The number of aryl methyl sites for hydroxylation is 1. The fourth-order valence-corrected chi connectivity index (χ4v) is 5.74. The highest BCUT2D eigenvalue weighted by molar-refractivity contribution is 8.00. The van der Waals surface area contributed by atoms with Gasteiger partial charge in [-0.1, -0.05) is 24.3 Å². The van der Waals surface area contributed by atoms with Crippen LogP contribution in [-0.4, -0.2) is 64.4 Å². The van der Waals surface area contributed by atoms with E-state index in [1.807, 2.05) is 13.0 Å². The second-order valence-electron chi connectivity index (χ2n) is 9.34. The zero-order chi connectivity index (χ0) is 30.3. The van der Waals surface area contributed by atoms with Crippen LogP contribution in [0.15, 0.2) is 42.5 Å². The number of ether oxygens (including phenoxy) is 5. The Morgan fingerprint density at radius 3 is 1.98 bits per heavy atom. The van der Waals surface area contributed by atoms with Crippen molar-refractivity contribution in [1.29, 1.82) is 0 Å². The Morgan fingerprint density at radius 2 is 1.41 bits per heavy atom. The van der Waals surface area contributed by atoms with Gasteiger partial charge in [-0.2, -0.15) is 0 Å². The largest absolute Gasteiger partial charge is 0.475 e. The van der Waals surface area contributed by atoms with Crippen molar-refractivity contribution in [2.75, 3.05) is 6.61 Å². The van der Waals surface area contributed by atoms with Gasteiger partial charge in [-0.15, -0.1) is 11.8 Å². The molecule has 0 aromatic heterocycles. The van der Waals surface area contributed by atoms with E-state index in [1.165, 1.54) is 32.9 Å². The smallest absolute Gasteiger partial charge is 0.303 e. The summed E-state index contributed by atoms with van der Waals surface area (Å²) in [7, 11) is 0. The highest BCUT2D eigenvalue weighted by atomic mass is 32.2. The molecule has 0 unspecified atom stereocenters. The second-order valence-corrected chi connectivity index (χ2v) is 10.7. The van der Waals surface area contributed by atoms with Crippen molar-refractivity contribution in [1.82, 2.24) is 0 Å². The summed E-state index contributed by atoms with van der Waals surface area (Å²) in [4.78, 5) is 58.4. The lowest BCUT2D eigenvalue weighted by Crippen LogP contribution is -2.59. The van der Waals surface area contributed by atoms with E-state index >= 15 is 0 Å². The third kappa shape index (κ3) is 8.68. The van der Waals surface area contributed by atoms with Crippen LogP contribution in [0.5, 0.6) is 5.75 Å². The normalized spacial score (nSPS) is 21.7. The summed E-state index contributed by atoms with van der Waals surface area (Å²) in [6, 6.07) is 11.5. The van der Waals surface area contributed by atoms with Crippen molar-refractivity contribution in [2.45, 2.75) is 70.0 Å². The van der Waals surface area contributed by atoms with E-state index in [1.54, 1.807) is 24.3 Å². The van der Waals surface area contributed by atoms with E-state index in [9.17, 15) is 29.3 Å². The average molecular weight is 590 g/mol. The van der Waals surface area contributed by atoms with Crippen LogP contribution in [0.1, 0.15) is 44.4 Å². The van der Waals surface area contributed by atoms with Crippen LogP contribution in [0.2, 0.25) is 0 Å². The van der Waals surface area contributed by atoms with E-state index in [4.69, 9.17) is 23.7 Å². The molecule has 0 spiro atoms. The van der Waals surface area contributed by atoms with Gasteiger partial charge in [0.25, 0.3) is 5.69 Å². The number of carbonyl (C=O) groups is 4. The van der Waals surface area contributed by atoms with Crippen molar-refractivity contribution in [3.05, 3.63) is 69.3 Å². The van der Waals surface area contributed by atoms with Gasteiger partial charge in [0.05, 0.1) is 10.2 Å². The van der Waals surface area contributed by atoms with Crippen molar-refractivity contribution in [3.63, 3.8) is 0 Å². The lowest BCUT2D eigenvalue weighted by atomic mass is 9.99. The molecule has 0 aliphatic carbocycles. The van der Waals surface area contributed by atoms with E-state index in [0.29, 0.717) is 12.2 Å². The van der Waals surface area contributed by atoms with Crippen LogP contribution in [-0.2, 0) is 44.5 Å². The number of esters is 4. The number of nitro benzene ring substituents is 1. The minimum absolute atomic E-state index is 0.0319. The van der Waals surface area contributed by atoms with Gasteiger partial charge in [0.15, 0.2) is 23.7 Å². The quantitative estimate of drug-likeness (QED) is 0.172. The molecule has 1 aliphatic heterocycles. The summed E-state index contributed by atoms with van der Waals surface area (Å²) in [5, 5.41) is 10.3. The number of nitro groups is 1. The van der Waals surface area contributed by atoms with Crippen LogP contribution in [0.4, 0.5) is 5.69 Å². The van der Waals surface area contributed by atoms with Gasteiger partial charge in [-0.05, 0) is 24.1 Å². The molecule has 1 fully saturated rings. The van der Waals surface area contributed by atoms with Gasteiger partial charge < -0.3 is 23.7 Å². The molecule has 0 amide bonds. The monoisotopic (exact) mass is 589 g/mol. The van der Waals surface area contributed by atoms with E-state index in [2.05, 4.69) is 0 Å². The predicted molar refractivity (Wildman–Crippen MR) is 146 cm³/mol. The number of nitrogens with zero attached hydrogens (tertiary/aromatic N) is 1. The Labute approximate surface area is 240 Å². The molecule has 0 radical (unpaired) electrons. The molecule has 12 nitrogen and oxygen atoms in total. The Balaban J connectivity index is 2.02. The molecule has 5 atom stereocenters. The van der Waals surface area contributed by atoms with Crippen molar-refractivity contribution in [3.8, 4) is 5.75 Å². The molecule has 3 rings (SSSR count). The van der Waals surface area contributed by atoms with Crippen LogP contribution < -0.4 is 4.74 Å². The Hall–Kier alpha value is -4.13. The molecule has 220 valence electrons. The molecule has 2 aromatic rings. The fourth-order valence-electron chi connectivity index (χ4n) is 4.36. The lowest BCUT2D eigenvalue weighted by molar-refractivity contribution is -0.384. The zero-order valence-corrected chi connectivity index (χ0v) is 24.0. The standard InChI is InChI=1S/C28H31NO11S/c1-15-7-6-8-23(22(15)13-20-9-11-21(12-10-20)29(34)35)40-28-27(39-19(5)33)26(38-18(4)32)25(37-17(3)31)24(41-28)14-36-16(2)30/h6-12,24-28H,13-14H2,1-5H3/t24-,25-,26+,27-,28-/m1/s1. The van der Waals surface area contributed by atoms with Crippen molar-refractivity contribution < 1.29 is 47.8 Å². The zero-order valence-electron chi connectivity index (χ0n) is 23.2. The highest BCUT2D eigenvalue weighted by Gasteiger charge is 2.53. The summed E-state index contributed by atoms with van der Waals surface area (Å²) in [5.41, 5.74) is 1.43.